The number of carbonyl (C=O) groups excluding carboxylic acids is 1. The first-order valence-electron chi connectivity index (χ1n) is 4.61. The Morgan fingerprint density at radius 1 is 1.43 bits per heavy atom. The first-order valence-corrected chi connectivity index (χ1v) is 4.61. The molecule has 0 aromatic heterocycles. The van der Waals surface area contributed by atoms with Crippen molar-refractivity contribution in [3.05, 3.63) is 35.9 Å². The molecule has 0 saturated heterocycles. The van der Waals surface area contributed by atoms with Crippen molar-refractivity contribution in [3.63, 3.8) is 0 Å². The van der Waals surface area contributed by atoms with Crippen molar-refractivity contribution in [2.75, 3.05) is 6.61 Å². The molecule has 0 fully saturated rings. The highest BCUT2D eigenvalue weighted by atomic mass is 16.5. The maximum absolute atomic E-state index is 11.4. The fourth-order valence-electron chi connectivity index (χ4n) is 1.07. The van der Waals surface area contributed by atoms with Crippen molar-refractivity contribution < 1.29 is 14.6 Å². The predicted octanol–water partition coefficient (Wildman–Crippen LogP) is 1.61. The summed E-state index contributed by atoms with van der Waals surface area (Å²) < 4.78 is 5.08. The standard InChI is InChI=1S/C11H14O3/c1-9(7-8-12)14-11(13)10-5-3-2-4-6-10/h2-6,9,12H,7-8H2,1H3. The third-order valence-electron chi connectivity index (χ3n) is 1.85. The topological polar surface area (TPSA) is 46.5 Å². The van der Waals surface area contributed by atoms with E-state index in [9.17, 15) is 4.79 Å². The maximum atomic E-state index is 11.4. The number of esters is 1. The Morgan fingerprint density at radius 3 is 2.64 bits per heavy atom. The van der Waals surface area contributed by atoms with Crippen LogP contribution in [0.25, 0.3) is 0 Å². The van der Waals surface area contributed by atoms with Gasteiger partial charge in [-0.05, 0) is 19.1 Å². The van der Waals surface area contributed by atoms with Gasteiger partial charge in [0, 0.05) is 13.0 Å². The van der Waals surface area contributed by atoms with Crippen LogP contribution in [0.3, 0.4) is 0 Å². The van der Waals surface area contributed by atoms with Crippen LogP contribution < -0.4 is 0 Å². The number of ether oxygens (including phenoxy) is 1. The van der Waals surface area contributed by atoms with E-state index in [0.717, 1.165) is 0 Å². The Kier molecular flexibility index (Phi) is 4.13. The average Bonchev–Trinajstić information content (AvgIpc) is 2.19. The van der Waals surface area contributed by atoms with Crippen LogP contribution in [-0.2, 0) is 4.74 Å². The van der Waals surface area contributed by atoms with Gasteiger partial charge in [-0.25, -0.2) is 4.79 Å². The molecular formula is C11H14O3. The van der Waals surface area contributed by atoms with Crippen LogP contribution in [0.5, 0.6) is 0 Å². The highest BCUT2D eigenvalue weighted by Crippen LogP contribution is 2.05. The van der Waals surface area contributed by atoms with E-state index in [1.807, 2.05) is 6.07 Å². The zero-order valence-corrected chi connectivity index (χ0v) is 8.14. The van der Waals surface area contributed by atoms with E-state index in [1.54, 1.807) is 31.2 Å². The molecule has 14 heavy (non-hydrogen) atoms. The van der Waals surface area contributed by atoms with Gasteiger partial charge in [-0.1, -0.05) is 18.2 Å². The van der Waals surface area contributed by atoms with Crippen LogP contribution in [0, 0.1) is 0 Å². The minimum Gasteiger partial charge on any atom is -0.459 e. The second kappa shape index (κ2) is 5.40. The summed E-state index contributed by atoms with van der Waals surface area (Å²) >= 11 is 0. The van der Waals surface area contributed by atoms with E-state index >= 15 is 0 Å². The van der Waals surface area contributed by atoms with Gasteiger partial charge in [0.15, 0.2) is 0 Å². The number of aliphatic hydroxyl groups is 1. The van der Waals surface area contributed by atoms with Gasteiger partial charge in [-0.3, -0.25) is 0 Å². The molecule has 0 heterocycles. The molecule has 1 unspecified atom stereocenters. The van der Waals surface area contributed by atoms with Crippen LogP contribution >= 0.6 is 0 Å². The summed E-state index contributed by atoms with van der Waals surface area (Å²) in [5, 5.41) is 8.63. The van der Waals surface area contributed by atoms with Crippen molar-refractivity contribution >= 4 is 5.97 Å². The molecule has 1 aromatic rings. The van der Waals surface area contributed by atoms with Crippen LogP contribution in [0.4, 0.5) is 0 Å². The van der Waals surface area contributed by atoms with Crippen molar-refractivity contribution in [2.45, 2.75) is 19.4 Å². The Bertz CT molecular complexity index is 282. The van der Waals surface area contributed by atoms with Gasteiger partial charge in [0.05, 0.1) is 5.56 Å². The monoisotopic (exact) mass is 194 g/mol. The molecule has 3 heteroatoms. The Hall–Kier alpha value is -1.35. The number of rotatable bonds is 4. The highest BCUT2D eigenvalue weighted by molar-refractivity contribution is 5.89. The lowest BCUT2D eigenvalue weighted by Gasteiger charge is -2.11. The minimum atomic E-state index is -0.341. The van der Waals surface area contributed by atoms with Gasteiger partial charge in [-0.2, -0.15) is 0 Å². The summed E-state index contributed by atoms with van der Waals surface area (Å²) in [5.74, 6) is -0.341. The summed E-state index contributed by atoms with van der Waals surface area (Å²) in [5.41, 5.74) is 0.539. The molecule has 0 saturated carbocycles. The van der Waals surface area contributed by atoms with Crippen molar-refractivity contribution in [1.82, 2.24) is 0 Å². The number of carbonyl (C=O) groups is 1. The van der Waals surface area contributed by atoms with Crippen molar-refractivity contribution in [3.8, 4) is 0 Å². The van der Waals surface area contributed by atoms with Gasteiger partial charge >= 0.3 is 5.97 Å². The molecule has 3 nitrogen and oxygen atoms in total. The summed E-state index contributed by atoms with van der Waals surface area (Å²) in [6, 6.07) is 8.82. The Balaban J connectivity index is 2.51. The summed E-state index contributed by atoms with van der Waals surface area (Å²) in [6.45, 7) is 1.79. The van der Waals surface area contributed by atoms with Crippen LogP contribution in [0.15, 0.2) is 30.3 Å². The zero-order valence-electron chi connectivity index (χ0n) is 8.14. The first kappa shape index (κ1) is 10.7. The molecule has 0 aliphatic heterocycles. The average molecular weight is 194 g/mol. The third kappa shape index (κ3) is 3.18. The Morgan fingerprint density at radius 2 is 2.07 bits per heavy atom. The highest BCUT2D eigenvalue weighted by Gasteiger charge is 2.10. The molecule has 0 amide bonds. The lowest BCUT2D eigenvalue weighted by molar-refractivity contribution is 0.0289. The summed E-state index contributed by atoms with van der Waals surface area (Å²) in [4.78, 5) is 11.4. The summed E-state index contributed by atoms with van der Waals surface area (Å²) in [7, 11) is 0. The van der Waals surface area contributed by atoms with Gasteiger partial charge in [-0.15, -0.1) is 0 Å². The van der Waals surface area contributed by atoms with Gasteiger partial charge in [0.1, 0.15) is 6.10 Å². The van der Waals surface area contributed by atoms with Gasteiger partial charge in [0.25, 0.3) is 0 Å². The molecule has 1 atom stereocenters. The predicted molar refractivity (Wildman–Crippen MR) is 53.0 cm³/mol. The molecular weight excluding hydrogens is 180 g/mol. The number of aliphatic hydroxyl groups excluding tert-OH is 1. The van der Waals surface area contributed by atoms with Crippen LogP contribution in [0.2, 0.25) is 0 Å². The third-order valence-corrected chi connectivity index (χ3v) is 1.85. The normalized spacial score (nSPS) is 12.1. The van der Waals surface area contributed by atoms with E-state index in [4.69, 9.17) is 9.84 Å². The SMILES string of the molecule is CC(CCO)OC(=O)c1ccccc1. The van der Waals surface area contributed by atoms with E-state index in [-0.39, 0.29) is 18.7 Å². The van der Waals surface area contributed by atoms with E-state index in [0.29, 0.717) is 12.0 Å². The number of benzene rings is 1. The van der Waals surface area contributed by atoms with E-state index in [2.05, 4.69) is 0 Å². The smallest absolute Gasteiger partial charge is 0.338 e. The second-order valence-corrected chi connectivity index (χ2v) is 3.09. The summed E-state index contributed by atoms with van der Waals surface area (Å²) in [6.07, 6.45) is 0.228. The first-order chi connectivity index (χ1) is 6.74. The molecule has 1 rings (SSSR count). The molecule has 76 valence electrons. The van der Waals surface area contributed by atoms with Gasteiger partial charge < -0.3 is 9.84 Å². The van der Waals surface area contributed by atoms with Crippen LogP contribution in [0.1, 0.15) is 23.7 Å². The Labute approximate surface area is 83.3 Å². The largest absolute Gasteiger partial charge is 0.459 e. The molecule has 0 bridgehead atoms. The molecule has 1 aromatic carbocycles. The lowest BCUT2D eigenvalue weighted by atomic mass is 10.2. The lowest BCUT2D eigenvalue weighted by Crippen LogP contribution is -2.16. The van der Waals surface area contributed by atoms with E-state index < -0.39 is 0 Å². The number of hydrogen-bond acceptors (Lipinski definition) is 3. The molecule has 0 radical (unpaired) electrons. The fourth-order valence-corrected chi connectivity index (χ4v) is 1.07. The number of hydrogen-bond donors (Lipinski definition) is 1. The van der Waals surface area contributed by atoms with Crippen LogP contribution in [-0.4, -0.2) is 23.8 Å². The van der Waals surface area contributed by atoms with Gasteiger partial charge in [0.2, 0.25) is 0 Å². The second-order valence-electron chi connectivity index (χ2n) is 3.09. The fraction of sp³-hybridized carbons (Fsp3) is 0.364. The maximum Gasteiger partial charge on any atom is 0.338 e. The zero-order chi connectivity index (χ0) is 10.4. The van der Waals surface area contributed by atoms with Crippen molar-refractivity contribution in [2.24, 2.45) is 0 Å². The quantitative estimate of drug-likeness (QED) is 0.741. The van der Waals surface area contributed by atoms with Crippen molar-refractivity contribution in [1.29, 1.82) is 0 Å². The minimum absolute atomic E-state index is 0.0310. The molecule has 0 aliphatic carbocycles. The molecule has 0 aliphatic rings. The van der Waals surface area contributed by atoms with E-state index in [1.165, 1.54) is 0 Å². The molecule has 0 spiro atoms. The molecule has 1 N–H and O–H groups in total.